The minimum Gasteiger partial charge on any atom is -0.325 e. The number of likely N-dealkylation sites (N-methyl/N-ethyl adjacent to an activating group) is 1. The van der Waals surface area contributed by atoms with Crippen molar-refractivity contribution in [1.29, 1.82) is 0 Å². The van der Waals surface area contributed by atoms with Crippen LogP contribution in [0.5, 0.6) is 0 Å². The van der Waals surface area contributed by atoms with E-state index in [1.165, 1.54) is 6.42 Å². The average Bonchev–Trinajstić information content (AvgIpc) is 2.61. The van der Waals surface area contributed by atoms with E-state index >= 15 is 0 Å². The van der Waals surface area contributed by atoms with Gasteiger partial charge in [0, 0.05) is 13.1 Å². The van der Waals surface area contributed by atoms with Crippen LogP contribution in [-0.2, 0) is 4.79 Å². The highest BCUT2D eigenvalue weighted by molar-refractivity contribution is 5.83. The van der Waals surface area contributed by atoms with E-state index in [2.05, 4.69) is 31.0 Å². The molecule has 4 nitrogen and oxygen atoms in total. The molecule has 4 heteroatoms. The summed E-state index contributed by atoms with van der Waals surface area (Å²) in [4.78, 5) is 16.4. The third-order valence-corrected chi connectivity index (χ3v) is 3.50. The van der Waals surface area contributed by atoms with Crippen molar-refractivity contribution >= 4 is 5.91 Å². The molecule has 0 aromatic heterocycles. The fourth-order valence-corrected chi connectivity index (χ4v) is 2.45. The highest BCUT2D eigenvalue weighted by Gasteiger charge is 2.34. The molecule has 0 bridgehead atoms. The van der Waals surface area contributed by atoms with Gasteiger partial charge in [-0.2, -0.15) is 0 Å². The molecule has 2 unspecified atom stereocenters. The topological polar surface area (TPSA) is 35.6 Å². The molecule has 2 atom stereocenters. The molecule has 0 saturated carbocycles. The second-order valence-electron chi connectivity index (χ2n) is 4.78. The molecule has 1 N–H and O–H groups in total. The van der Waals surface area contributed by atoms with E-state index in [1.54, 1.807) is 0 Å². The molecule has 0 aliphatic carbocycles. The predicted molar refractivity (Wildman–Crippen MR) is 70.8 cm³/mol. The van der Waals surface area contributed by atoms with Gasteiger partial charge in [0.25, 0.3) is 0 Å². The maximum absolute atomic E-state index is 12.0. The van der Waals surface area contributed by atoms with Crippen LogP contribution in [0.15, 0.2) is 0 Å². The van der Waals surface area contributed by atoms with Gasteiger partial charge in [0.15, 0.2) is 0 Å². The highest BCUT2D eigenvalue weighted by atomic mass is 16.2. The van der Waals surface area contributed by atoms with Crippen LogP contribution in [0.2, 0.25) is 0 Å². The molecular weight excluding hydrogens is 214 g/mol. The minimum atomic E-state index is -0.0128. The monoisotopic (exact) mass is 241 g/mol. The predicted octanol–water partition coefficient (Wildman–Crippen LogP) is 1.27. The Labute approximate surface area is 105 Å². The van der Waals surface area contributed by atoms with E-state index in [9.17, 15) is 4.79 Å². The average molecular weight is 241 g/mol. The molecule has 0 aromatic carbocycles. The number of carbonyl (C=O) groups is 1. The normalized spacial score (nSPS) is 25.0. The standard InChI is InChI=1S/C13H27N3O/c1-5-8-15(7-3)9-10-16-12(6-2)14-11(4)13(16)17/h11-12,14H,5-10H2,1-4H3. The summed E-state index contributed by atoms with van der Waals surface area (Å²) in [6.07, 6.45) is 2.39. The van der Waals surface area contributed by atoms with Crippen LogP contribution in [0.3, 0.4) is 0 Å². The van der Waals surface area contributed by atoms with Crippen LogP contribution in [-0.4, -0.2) is 54.1 Å². The molecule has 0 radical (unpaired) electrons. The molecule has 1 fully saturated rings. The largest absolute Gasteiger partial charge is 0.325 e. The van der Waals surface area contributed by atoms with Crippen molar-refractivity contribution in [2.45, 2.75) is 52.7 Å². The second-order valence-corrected chi connectivity index (χ2v) is 4.78. The Hall–Kier alpha value is -0.610. The molecule has 1 saturated heterocycles. The maximum atomic E-state index is 12.0. The Morgan fingerprint density at radius 1 is 1.29 bits per heavy atom. The number of hydrogen-bond acceptors (Lipinski definition) is 3. The van der Waals surface area contributed by atoms with Crippen LogP contribution in [0.1, 0.15) is 40.5 Å². The van der Waals surface area contributed by atoms with Crippen LogP contribution in [0, 0.1) is 0 Å². The van der Waals surface area contributed by atoms with Gasteiger partial charge in [0.1, 0.15) is 0 Å². The Balaban J connectivity index is 2.46. The van der Waals surface area contributed by atoms with Gasteiger partial charge in [-0.3, -0.25) is 10.1 Å². The van der Waals surface area contributed by atoms with Gasteiger partial charge in [-0.05, 0) is 32.9 Å². The molecule has 17 heavy (non-hydrogen) atoms. The fraction of sp³-hybridized carbons (Fsp3) is 0.923. The molecule has 1 aliphatic heterocycles. The van der Waals surface area contributed by atoms with Crippen molar-refractivity contribution in [3.63, 3.8) is 0 Å². The van der Waals surface area contributed by atoms with Crippen molar-refractivity contribution in [2.24, 2.45) is 0 Å². The van der Waals surface area contributed by atoms with E-state index < -0.39 is 0 Å². The maximum Gasteiger partial charge on any atom is 0.240 e. The lowest BCUT2D eigenvalue weighted by Crippen LogP contribution is -2.42. The van der Waals surface area contributed by atoms with Gasteiger partial charge in [0.2, 0.25) is 5.91 Å². The summed E-state index contributed by atoms with van der Waals surface area (Å²) in [6.45, 7) is 12.5. The zero-order valence-electron chi connectivity index (χ0n) is 11.7. The van der Waals surface area contributed by atoms with Crippen LogP contribution in [0.4, 0.5) is 0 Å². The van der Waals surface area contributed by atoms with E-state index in [0.29, 0.717) is 0 Å². The van der Waals surface area contributed by atoms with Crippen LogP contribution in [0.25, 0.3) is 0 Å². The molecule has 1 heterocycles. The summed E-state index contributed by atoms with van der Waals surface area (Å²) in [5, 5.41) is 3.33. The third-order valence-electron chi connectivity index (χ3n) is 3.50. The van der Waals surface area contributed by atoms with Crippen molar-refractivity contribution in [1.82, 2.24) is 15.1 Å². The Morgan fingerprint density at radius 2 is 2.00 bits per heavy atom. The van der Waals surface area contributed by atoms with Gasteiger partial charge in [-0.15, -0.1) is 0 Å². The SMILES string of the molecule is CCCN(CC)CCN1C(=O)C(C)NC1CC. The summed E-state index contributed by atoms with van der Waals surface area (Å²) in [7, 11) is 0. The summed E-state index contributed by atoms with van der Waals surface area (Å²) >= 11 is 0. The van der Waals surface area contributed by atoms with Crippen molar-refractivity contribution < 1.29 is 4.79 Å². The van der Waals surface area contributed by atoms with E-state index in [1.807, 2.05) is 11.8 Å². The van der Waals surface area contributed by atoms with Gasteiger partial charge < -0.3 is 9.80 Å². The molecule has 0 aromatic rings. The minimum absolute atomic E-state index is 0.0128. The quantitative estimate of drug-likeness (QED) is 0.729. The van der Waals surface area contributed by atoms with E-state index in [-0.39, 0.29) is 18.1 Å². The van der Waals surface area contributed by atoms with Crippen molar-refractivity contribution in [2.75, 3.05) is 26.2 Å². The van der Waals surface area contributed by atoms with E-state index in [0.717, 1.165) is 32.6 Å². The van der Waals surface area contributed by atoms with E-state index in [4.69, 9.17) is 0 Å². The van der Waals surface area contributed by atoms with Gasteiger partial charge >= 0.3 is 0 Å². The first-order valence-corrected chi connectivity index (χ1v) is 6.92. The summed E-state index contributed by atoms with van der Waals surface area (Å²) < 4.78 is 0. The van der Waals surface area contributed by atoms with Gasteiger partial charge in [0.05, 0.1) is 12.2 Å². The summed E-state index contributed by atoms with van der Waals surface area (Å²) in [6, 6.07) is -0.0128. The first kappa shape index (κ1) is 14.5. The lowest BCUT2D eigenvalue weighted by atomic mass is 10.3. The number of rotatable bonds is 7. The number of nitrogens with zero attached hydrogens (tertiary/aromatic N) is 2. The Kier molecular flexibility index (Phi) is 5.92. The van der Waals surface area contributed by atoms with Gasteiger partial charge in [-0.1, -0.05) is 20.8 Å². The second kappa shape index (κ2) is 6.97. The smallest absolute Gasteiger partial charge is 0.240 e. The number of nitrogens with one attached hydrogen (secondary N) is 1. The Morgan fingerprint density at radius 3 is 2.53 bits per heavy atom. The fourth-order valence-electron chi connectivity index (χ4n) is 2.45. The number of hydrogen-bond donors (Lipinski definition) is 1. The third kappa shape index (κ3) is 3.68. The molecule has 100 valence electrons. The zero-order valence-corrected chi connectivity index (χ0v) is 11.7. The summed E-state index contributed by atoms with van der Waals surface area (Å²) in [5.74, 6) is 0.254. The summed E-state index contributed by atoms with van der Waals surface area (Å²) in [5.41, 5.74) is 0. The lowest BCUT2D eigenvalue weighted by Gasteiger charge is -2.27. The van der Waals surface area contributed by atoms with Crippen LogP contribution >= 0.6 is 0 Å². The Bertz CT molecular complexity index is 245. The molecular formula is C13H27N3O. The first-order chi connectivity index (χ1) is 8.13. The molecule has 1 amide bonds. The van der Waals surface area contributed by atoms with Gasteiger partial charge in [-0.25, -0.2) is 0 Å². The van der Waals surface area contributed by atoms with Crippen molar-refractivity contribution in [3.8, 4) is 0 Å². The number of amides is 1. The molecule has 1 aliphatic rings. The van der Waals surface area contributed by atoms with Crippen LogP contribution < -0.4 is 5.32 Å². The first-order valence-electron chi connectivity index (χ1n) is 6.92. The van der Waals surface area contributed by atoms with Crippen molar-refractivity contribution in [3.05, 3.63) is 0 Å². The molecule has 1 rings (SSSR count). The molecule has 0 spiro atoms. The zero-order chi connectivity index (χ0) is 12.8. The lowest BCUT2D eigenvalue weighted by molar-refractivity contribution is -0.130. The highest BCUT2D eigenvalue weighted by Crippen LogP contribution is 2.13. The number of carbonyl (C=O) groups excluding carboxylic acids is 1.